The molecule has 0 saturated carbocycles. The Balaban J connectivity index is 1.28. The highest BCUT2D eigenvalue weighted by Gasteiger charge is 2.49. The van der Waals surface area contributed by atoms with E-state index in [2.05, 4.69) is 37.8 Å². The zero-order valence-corrected chi connectivity index (χ0v) is 25.5. The van der Waals surface area contributed by atoms with Gasteiger partial charge >= 0.3 is 6.18 Å². The molecule has 0 bridgehead atoms. The van der Waals surface area contributed by atoms with E-state index >= 15 is 0 Å². The fraction of sp³-hybridized carbons (Fsp3) is 0.433. The number of aromatic nitrogens is 4. The van der Waals surface area contributed by atoms with Crippen molar-refractivity contribution in [2.45, 2.75) is 73.7 Å². The van der Waals surface area contributed by atoms with Crippen LogP contribution in [0.1, 0.15) is 62.2 Å². The molecular weight excluding hydrogens is 581 g/mol. The summed E-state index contributed by atoms with van der Waals surface area (Å²) in [4.78, 5) is 15.8. The zero-order valence-electron chi connectivity index (χ0n) is 23.9. The van der Waals surface area contributed by atoms with Crippen molar-refractivity contribution in [2.24, 2.45) is 5.41 Å². The minimum atomic E-state index is -4.56. The van der Waals surface area contributed by atoms with Crippen LogP contribution in [0.4, 0.5) is 19.1 Å². The van der Waals surface area contributed by atoms with Crippen molar-refractivity contribution in [2.75, 3.05) is 18.0 Å². The van der Waals surface area contributed by atoms with Gasteiger partial charge in [-0.05, 0) is 75.6 Å². The third kappa shape index (κ3) is 5.22. The van der Waals surface area contributed by atoms with Gasteiger partial charge in [-0.1, -0.05) is 36.0 Å². The molecule has 7 nitrogen and oxygen atoms in total. The van der Waals surface area contributed by atoms with E-state index in [9.17, 15) is 17.4 Å². The predicted octanol–water partition coefficient (Wildman–Crippen LogP) is 6.54. The van der Waals surface area contributed by atoms with Crippen LogP contribution in [-0.2, 0) is 23.6 Å². The van der Waals surface area contributed by atoms with Crippen LogP contribution in [0.3, 0.4) is 0 Å². The third-order valence-corrected chi connectivity index (χ3v) is 11.0. The van der Waals surface area contributed by atoms with Crippen LogP contribution in [0.15, 0.2) is 64.8 Å². The molecule has 1 aliphatic heterocycles. The van der Waals surface area contributed by atoms with Gasteiger partial charge in [-0.15, -0.1) is 0 Å². The highest BCUT2D eigenvalue weighted by atomic mass is 32.2. The maximum atomic E-state index is 13.6. The summed E-state index contributed by atoms with van der Waals surface area (Å²) in [7, 11) is -1.22. The summed E-state index contributed by atoms with van der Waals surface area (Å²) in [6, 6.07) is 11.4. The number of aryl methyl sites for hydroxylation is 1. The number of anilines is 1. The molecule has 1 saturated heterocycles. The lowest BCUT2D eigenvalue weighted by Gasteiger charge is -2.44. The number of nitrogens with zero attached hydrogens (tertiary/aromatic N) is 5. The number of pyridine rings is 1. The third-order valence-electron chi connectivity index (χ3n) is 8.25. The van der Waals surface area contributed by atoms with Crippen molar-refractivity contribution in [3.8, 4) is 0 Å². The van der Waals surface area contributed by atoms with E-state index < -0.39 is 22.9 Å². The maximum absolute atomic E-state index is 13.6. The van der Waals surface area contributed by atoms with Crippen molar-refractivity contribution < 1.29 is 17.4 Å². The second-order valence-corrected chi connectivity index (χ2v) is 15.1. The maximum Gasteiger partial charge on any atom is 0.434 e. The quantitative estimate of drug-likeness (QED) is 0.275. The van der Waals surface area contributed by atoms with Crippen LogP contribution in [0.2, 0.25) is 0 Å². The molecule has 2 atom stereocenters. The molecule has 1 N–H and O–H groups in total. The molecule has 2 aliphatic rings. The number of imidazole rings is 1. The van der Waals surface area contributed by atoms with E-state index in [1.54, 1.807) is 6.20 Å². The number of rotatable bonds is 5. The number of nitrogens with one attached hydrogen (secondary N) is 1. The Kier molecular flexibility index (Phi) is 7.38. The van der Waals surface area contributed by atoms with E-state index in [4.69, 9.17) is 4.98 Å². The molecular formula is C30H33F3N6OS2. The summed E-state index contributed by atoms with van der Waals surface area (Å²) in [5.41, 5.74) is 2.71. The lowest BCUT2D eigenvalue weighted by atomic mass is 9.73. The number of piperidine rings is 1. The molecule has 4 aromatic rings. The monoisotopic (exact) mass is 614 g/mol. The first-order valence-corrected chi connectivity index (χ1v) is 15.9. The van der Waals surface area contributed by atoms with Crippen molar-refractivity contribution in [1.29, 1.82) is 0 Å². The van der Waals surface area contributed by atoms with Crippen molar-refractivity contribution in [1.82, 2.24) is 24.1 Å². The highest BCUT2D eigenvalue weighted by Crippen LogP contribution is 2.53. The molecule has 1 fully saturated rings. The fourth-order valence-corrected chi connectivity index (χ4v) is 8.08. The summed E-state index contributed by atoms with van der Waals surface area (Å²) in [6.45, 7) is 9.23. The van der Waals surface area contributed by atoms with Crippen LogP contribution < -0.4 is 9.62 Å². The molecule has 1 spiro atoms. The summed E-state index contributed by atoms with van der Waals surface area (Å²) in [5.74, 6) is 0.722. The van der Waals surface area contributed by atoms with Gasteiger partial charge in [-0.25, -0.2) is 18.9 Å². The molecule has 222 valence electrons. The van der Waals surface area contributed by atoms with E-state index in [1.165, 1.54) is 23.3 Å². The Morgan fingerprint density at radius 2 is 1.79 bits per heavy atom. The standard InChI is InChI=1S/C30H33F3N6OS2/c1-19-23(41-22-10-7-13-34-25(22)30(31,32)33)26-35-14-17-39(26)27(36-19)38-15-11-29(12-16-38)18-20-8-5-6-9-21(20)24(29)37-42(40)28(2,3)4/h5-10,13-14,17,24,37H,11-12,15-16,18H2,1-4H3/t24-,42?/m1/s1. The predicted molar refractivity (Wildman–Crippen MR) is 159 cm³/mol. The highest BCUT2D eigenvalue weighted by molar-refractivity contribution is 7.99. The molecule has 0 radical (unpaired) electrons. The van der Waals surface area contributed by atoms with Gasteiger partial charge in [0.25, 0.3) is 0 Å². The van der Waals surface area contributed by atoms with E-state index in [-0.39, 0.29) is 21.1 Å². The average molecular weight is 615 g/mol. The fourth-order valence-electron chi connectivity index (χ4n) is 6.07. The molecule has 1 aromatic carbocycles. The summed E-state index contributed by atoms with van der Waals surface area (Å²) < 4.78 is 59.1. The Morgan fingerprint density at radius 3 is 2.50 bits per heavy atom. The van der Waals surface area contributed by atoms with E-state index in [1.807, 2.05) is 44.4 Å². The van der Waals surface area contributed by atoms with Gasteiger partial charge in [-0.3, -0.25) is 9.38 Å². The van der Waals surface area contributed by atoms with E-state index in [0.29, 0.717) is 16.2 Å². The second-order valence-electron chi connectivity index (χ2n) is 12.1. The smallest absolute Gasteiger partial charge is 0.342 e. The van der Waals surface area contributed by atoms with Crippen molar-refractivity contribution in [3.63, 3.8) is 0 Å². The molecule has 6 rings (SSSR count). The van der Waals surface area contributed by atoms with Gasteiger partial charge in [0.15, 0.2) is 11.3 Å². The van der Waals surface area contributed by atoms with Gasteiger partial charge in [0.1, 0.15) is 0 Å². The number of fused-ring (bicyclic) bond motifs is 2. The Hall–Kier alpha value is -2.96. The van der Waals surface area contributed by atoms with Gasteiger partial charge in [0, 0.05) is 36.6 Å². The Bertz CT molecular complexity index is 1660. The second kappa shape index (κ2) is 10.6. The molecule has 12 heteroatoms. The van der Waals surface area contributed by atoms with Crippen LogP contribution in [0, 0.1) is 12.3 Å². The molecule has 4 heterocycles. The number of halogens is 3. The SMILES string of the molecule is Cc1nc(N2CCC3(CC2)Cc2ccccc2[C@H]3NS(=O)C(C)(C)C)n2ccnc2c1Sc1cccnc1C(F)(F)F. The first-order chi connectivity index (χ1) is 19.9. The van der Waals surface area contributed by atoms with Crippen LogP contribution in [0.5, 0.6) is 0 Å². The normalized spacial score (nSPS) is 19.4. The van der Waals surface area contributed by atoms with Gasteiger partial charge in [0.05, 0.1) is 32.4 Å². The average Bonchev–Trinajstić information content (AvgIpc) is 3.53. The number of hydrogen-bond donors (Lipinski definition) is 1. The van der Waals surface area contributed by atoms with Crippen molar-refractivity contribution in [3.05, 3.63) is 77.5 Å². The van der Waals surface area contributed by atoms with E-state index in [0.717, 1.165) is 56.3 Å². The first kappa shape index (κ1) is 29.1. The lowest BCUT2D eigenvalue weighted by Crippen LogP contribution is -2.48. The minimum Gasteiger partial charge on any atom is -0.342 e. The number of hydrogen-bond acceptors (Lipinski definition) is 6. The Morgan fingerprint density at radius 1 is 1.05 bits per heavy atom. The summed E-state index contributed by atoms with van der Waals surface area (Å²) in [5, 5.41) is 0. The first-order valence-electron chi connectivity index (χ1n) is 13.9. The number of benzene rings is 1. The number of alkyl halides is 3. The van der Waals surface area contributed by atoms with Crippen LogP contribution in [0.25, 0.3) is 5.65 Å². The summed E-state index contributed by atoms with van der Waals surface area (Å²) in [6.07, 6.45) is 2.72. The topological polar surface area (TPSA) is 75.4 Å². The van der Waals surface area contributed by atoms with Crippen LogP contribution in [-0.4, -0.2) is 41.4 Å². The molecule has 1 unspecified atom stereocenters. The van der Waals surface area contributed by atoms with Gasteiger partial charge in [0.2, 0.25) is 5.95 Å². The van der Waals surface area contributed by atoms with Crippen LogP contribution >= 0.6 is 11.8 Å². The minimum absolute atomic E-state index is 0.0134. The van der Waals surface area contributed by atoms with Gasteiger partial charge < -0.3 is 4.90 Å². The summed E-state index contributed by atoms with van der Waals surface area (Å²) >= 11 is 0.989. The van der Waals surface area contributed by atoms with Gasteiger partial charge in [-0.2, -0.15) is 13.2 Å². The molecule has 3 aromatic heterocycles. The molecule has 1 aliphatic carbocycles. The zero-order chi connectivity index (χ0) is 29.9. The lowest BCUT2D eigenvalue weighted by molar-refractivity contribution is -0.143. The Labute approximate surface area is 249 Å². The largest absolute Gasteiger partial charge is 0.434 e. The molecule has 0 amide bonds. The molecule has 42 heavy (non-hydrogen) atoms. The van der Waals surface area contributed by atoms with Crippen molar-refractivity contribution >= 4 is 34.3 Å².